The van der Waals surface area contributed by atoms with Crippen LogP contribution in [0.2, 0.25) is 0 Å². The zero-order valence-electron chi connectivity index (χ0n) is 18.0. The minimum absolute atomic E-state index is 0. The Hall–Kier alpha value is -3.18. The second-order valence-corrected chi connectivity index (χ2v) is 7.50. The third-order valence-corrected chi connectivity index (χ3v) is 4.20. The molecule has 1 aromatic carbocycles. The fraction of sp³-hybridized carbons (Fsp3) is 0.450. The molecule has 0 aliphatic carbocycles. The molecule has 9 N–H and O–H groups in total. The first-order valence-electron chi connectivity index (χ1n) is 9.75. The summed E-state index contributed by atoms with van der Waals surface area (Å²) in [6.45, 7) is 3.64. The van der Waals surface area contributed by atoms with Gasteiger partial charge in [0.15, 0.2) is 0 Å². The van der Waals surface area contributed by atoms with E-state index in [9.17, 15) is 19.2 Å². The van der Waals surface area contributed by atoms with Crippen molar-refractivity contribution in [3.63, 3.8) is 0 Å². The summed E-state index contributed by atoms with van der Waals surface area (Å²) in [7, 11) is 0. The number of carbonyl (C=O) groups excluding carboxylic acids is 3. The number of rotatable bonds is 12. The lowest BCUT2D eigenvalue weighted by Gasteiger charge is -2.18. The molecule has 0 aliphatic heterocycles. The number of amidine groups is 1. The van der Waals surface area contributed by atoms with E-state index in [1.165, 1.54) is 0 Å². The van der Waals surface area contributed by atoms with Crippen molar-refractivity contribution in [1.29, 1.82) is 5.41 Å². The van der Waals surface area contributed by atoms with Crippen LogP contribution in [0.3, 0.4) is 0 Å². The van der Waals surface area contributed by atoms with Crippen LogP contribution in [-0.4, -0.2) is 59.8 Å². The number of halogens is 1. The Morgan fingerprint density at radius 3 is 2.16 bits per heavy atom. The Balaban J connectivity index is 0.00000961. The molecule has 0 saturated carbocycles. The fourth-order valence-electron chi connectivity index (χ4n) is 2.52. The first kappa shape index (κ1) is 28.8. The quantitative estimate of drug-likeness (QED) is 0.151. The van der Waals surface area contributed by atoms with Crippen LogP contribution < -0.4 is 27.4 Å². The summed E-state index contributed by atoms with van der Waals surface area (Å²) < 4.78 is 0. The van der Waals surface area contributed by atoms with Gasteiger partial charge in [0.25, 0.3) is 0 Å². The van der Waals surface area contributed by atoms with Crippen molar-refractivity contribution in [3.05, 3.63) is 35.4 Å². The first-order valence-corrected chi connectivity index (χ1v) is 9.75. The first-order chi connectivity index (χ1) is 14.5. The molecule has 0 aromatic heterocycles. The van der Waals surface area contributed by atoms with E-state index in [-0.39, 0.29) is 30.6 Å². The van der Waals surface area contributed by atoms with Crippen LogP contribution in [0.5, 0.6) is 0 Å². The van der Waals surface area contributed by atoms with Crippen LogP contribution >= 0.6 is 12.4 Å². The minimum Gasteiger partial charge on any atom is -0.481 e. The number of carboxylic acid groups (broad SMARTS) is 1. The number of aliphatic carboxylic acids is 1. The van der Waals surface area contributed by atoms with Gasteiger partial charge in [-0.3, -0.25) is 24.6 Å². The van der Waals surface area contributed by atoms with Gasteiger partial charge < -0.3 is 32.5 Å². The number of hydrogen-bond donors (Lipinski definition) is 7. The third kappa shape index (κ3) is 10.7. The zero-order valence-corrected chi connectivity index (χ0v) is 18.8. The zero-order chi connectivity index (χ0) is 23.6. The molecule has 2 atom stereocenters. The van der Waals surface area contributed by atoms with E-state index in [2.05, 4.69) is 16.0 Å². The standard InChI is InChI=1S/C20H30N6O5.ClH/c1-11(2)9-24-20(31)15(8-17(28)29)26-16(27)10-25-19(30)14(21)7-12-3-5-13(6-4-12)18(22)23;/h3-6,11,14-15H,7-10,21H2,1-2H3,(H3,22,23)(H,24,31)(H,25,30)(H,26,27)(H,28,29);1H/t14?,15-;/m0./s1. The molecule has 1 rings (SSSR count). The predicted octanol–water partition coefficient (Wildman–Crippen LogP) is -0.890. The molecule has 0 bridgehead atoms. The highest BCUT2D eigenvalue weighted by molar-refractivity contribution is 5.95. The summed E-state index contributed by atoms with van der Waals surface area (Å²) in [6, 6.07) is 4.49. The number of hydrogen-bond acceptors (Lipinski definition) is 6. The largest absolute Gasteiger partial charge is 0.481 e. The molecule has 1 aromatic rings. The SMILES string of the molecule is CC(C)CNC(=O)[C@H](CC(=O)O)NC(=O)CNC(=O)C(N)Cc1ccc(C(=N)N)cc1.Cl. The van der Waals surface area contributed by atoms with Gasteiger partial charge in [0, 0.05) is 12.1 Å². The van der Waals surface area contributed by atoms with Crippen LogP contribution in [0.15, 0.2) is 24.3 Å². The average Bonchev–Trinajstić information content (AvgIpc) is 2.69. The maximum atomic E-state index is 12.2. The van der Waals surface area contributed by atoms with Gasteiger partial charge in [-0.1, -0.05) is 38.1 Å². The Bertz CT molecular complexity index is 815. The number of benzene rings is 1. The van der Waals surface area contributed by atoms with E-state index in [0.29, 0.717) is 12.1 Å². The molecule has 1 unspecified atom stereocenters. The molecule has 12 heteroatoms. The number of nitrogens with two attached hydrogens (primary N) is 2. The van der Waals surface area contributed by atoms with Gasteiger partial charge in [-0.15, -0.1) is 12.4 Å². The molecular formula is C20H31ClN6O5. The molecule has 0 aliphatic rings. The predicted molar refractivity (Wildman–Crippen MR) is 121 cm³/mol. The average molecular weight is 471 g/mol. The second kappa shape index (κ2) is 14.0. The normalized spacial score (nSPS) is 12.1. The van der Waals surface area contributed by atoms with Crippen LogP contribution in [0.4, 0.5) is 0 Å². The molecule has 178 valence electrons. The Labute approximate surface area is 192 Å². The van der Waals surface area contributed by atoms with Crippen LogP contribution in [0.25, 0.3) is 0 Å². The topological polar surface area (TPSA) is 200 Å². The van der Waals surface area contributed by atoms with Crippen LogP contribution in [0.1, 0.15) is 31.4 Å². The monoisotopic (exact) mass is 470 g/mol. The summed E-state index contributed by atoms with van der Waals surface area (Å²) in [4.78, 5) is 47.4. The molecule has 3 amide bonds. The lowest BCUT2D eigenvalue weighted by Crippen LogP contribution is -2.52. The van der Waals surface area contributed by atoms with Gasteiger partial charge in [0.05, 0.1) is 19.0 Å². The molecule has 0 saturated heterocycles. The highest BCUT2D eigenvalue weighted by Crippen LogP contribution is 2.06. The summed E-state index contributed by atoms with van der Waals surface area (Å²) in [5.74, 6) is -3.06. The summed E-state index contributed by atoms with van der Waals surface area (Å²) in [6.07, 6.45) is -0.385. The van der Waals surface area contributed by atoms with Gasteiger partial charge in [0.2, 0.25) is 17.7 Å². The lowest BCUT2D eigenvalue weighted by atomic mass is 10.0. The van der Waals surface area contributed by atoms with Crippen LogP contribution in [-0.2, 0) is 25.6 Å². The molecule has 32 heavy (non-hydrogen) atoms. The Morgan fingerprint density at radius 1 is 1.06 bits per heavy atom. The Kier molecular flexibility index (Phi) is 12.6. The Morgan fingerprint density at radius 2 is 1.66 bits per heavy atom. The summed E-state index contributed by atoms with van der Waals surface area (Å²) in [5.41, 5.74) is 12.6. The summed E-state index contributed by atoms with van der Waals surface area (Å²) >= 11 is 0. The van der Waals surface area contributed by atoms with Gasteiger partial charge in [-0.25, -0.2) is 0 Å². The number of carboxylic acids is 1. The van der Waals surface area contributed by atoms with Crippen molar-refractivity contribution in [2.45, 2.75) is 38.8 Å². The van der Waals surface area contributed by atoms with E-state index in [1.807, 2.05) is 13.8 Å². The number of nitrogens with one attached hydrogen (secondary N) is 4. The van der Waals surface area contributed by atoms with Crippen molar-refractivity contribution >= 4 is 41.9 Å². The smallest absolute Gasteiger partial charge is 0.305 e. The summed E-state index contributed by atoms with van der Waals surface area (Å²) in [5, 5.41) is 23.6. The fourth-order valence-corrected chi connectivity index (χ4v) is 2.52. The van der Waals surface area contributed by atoms with E-state index in [0.717, 1.165) is 5.56 Å². The van der Waals surface area contributed by atoms with Crippen LogP contribution in [0, 0.1) is 11.3 Å². The molecule has 0 radical (unpaired) electrons. The van der Waals surface area contributed by atoms with E-state index in [1.54, 1.807) is 24.3 Å². The number of carbonyl (C=O) groups is 4. The highest BCUT2D eigenvalue weighted by atomic mass is 35.5. The maximum absolute atomic E-state index is 12.2. The van der Waals surface area contributed by atoms with Crippen molar-refractivity contribution in [3.8, 4) is 0 Å². The maximum Gasteiger partial charge on any atom is 0.305 e. The third-order valence-electron chi connectivity index (χ3n) is 4.20. The highest BCUT2D eigenvalue weighted by Gasteiger charge is 2.24. The second-order valence-electron chi connectivity index (χ2n) is 7.50. The lowest BCUT2D eigenvalue weighted by molar-refractivity contribution is -0.140. The van der Waals surface area contributed by atoms with Crippen molar-refractivity contribution in [2.75, 3.05) is 13.1 Å². The molecular weight excluding hydrogens is 440 g/mol. The van der Waals surface area contributed by atoms with E-state index < -0.39 is 48.7 Å². The van der Waals surface area contributed by atoms with Gasteiger partial charge in [0.1, 0.15) is 11.9 Å². The number of amides is 3. The van der Waals surface area contributed by atoms with Crippen molar-refractivity contribution < 1.29 is 24.3 Å². The molecule has 0 heterocycles. The molecule has 11 nitrogen and oxygen atoms in total. The minimum atomic E-state index is -1.26. The van der Waals surface area contributed by atoms with Gasteiger partial charge in [-0.2, -0.15) is 0 Å². The van der Waals surface area contributed by atoms with E-state index in [4.69, 9.17) is 22.0 Å². The molecule has 0 spiro atoms. The molecule has 0 fully saturated rings. The van der Waals surface area contributed by atoms with E-state index >= 15 is 0 Å². The van der Waals surface area contributed by atoms with Crippen molar-refractivity contribution in [1.82, 2.24) is 16.0 Å². The number of nitrogen functional groups attached to an aromatic ring is 1. The van der Waals surface area contributed by atoms with Gasteiger partial charge >= 0.3 is 5.97 Å². The van der Waals surface area contributed by atoms with Crippen molar-refractivity contribution in [2.24, 2.45) is 17.4 Å². The van der Waals surface area contributed by atoms with Gasteiger partial charge in [-0.05, 0) is 17.9 Å².